The topological polar surface area (TPSA) is 50.4 Å². The second kappa shape index (κ2) is 7.37. The van der Waals surface area contributed by atoms with Crippen molar-refractivity contribution >= 4 is 34.6 Å². The maximum absolute atomic E-state index is 12.5. The summed E-state index contributed by atoms with van der Waals surface area (Å²) in [6, 6.07) is 14.0. The number of allylic oxidation sites excluding steroid dienone is 1. The van der Waals surface area contributed by atoms with Crippen LogP contribution in [0.2, 0.25) is 0 Å². The van der Waals surface area contributed by atoms with Crippen molar-refractivity contribution in [2.24, 2.45) is 5.92 Å². The molecule has 1 aromatic carbocycles. The van der Waals surface area contributed by atoms with Crippen LogP contribution in [0, 0.1) is 5.92 Å². The highest BCUT2D eigenvalue weighted by Gasteiger charge is 2.34. The third kappa shape index (κ3) is 3.60. The Morgan fingerprint density at radius 2 is 1.92 bits per heavy atom. The number of thiocarbonyl (C=S) groups is 1. The number of nitrogens with one attached hydrogen (secondary N) is 2. The van der Waals surface area contributed by atoms with Crippen LogP contribution in [-0.2, 0) is 9.53 Å². The van der Waals surface area contributed by atoms with Crippen LogP contribution in [0.3, 0.4) is 0 Å². The van der Waals surface area contributed by atoms with Gasteiger partial charge in [-0.05, 0) is 35.8 Å². The molecule has 0 aliphatic carbocycles. The van der Waals surface area contributed by atoms with E-state index in [-0.39, 0.29) is 17.9 Å². The van der Waals surface area contributed by atoms with Crippen LogP contribution in [0.15, 0.2) is 53.7 Å². The fraction of sp³-hybridized carbons (Fsp3) is 0.263. The largest absolute Gasteiger partial charge is 0.466 e. The summed E-state index contributed by atoms with van der Waals surface area (Å²) in [7, 11) is 1.40. The van der Waals surface area contributed by atoms with Gasteiger partial charge in [0.15, 0.2) is 5.11 Å². The number of benzene rings is 1. The number of carbonyl (C=O) groups is 1. The Morgan fingerprint density at radius 3 is 2.56 bits per heavy atom. The lowest BCUT2D eigenvalue weighted by Crippen LogP contribution is -2.46. The third-order valence-corrected chi connectivity index (χ3v) is 5.47. The van der Waals surface area contributed by atoms with E-state index in [1.807, 2.05) is 38.1 Å². The first-order valence-corrected chi connectivity index (χ1v) is 9.28. The zero-order valence-corrected chi connectivity index (χ0v) is 16.0. The highest BCUT2D eigenvalue weighted by Crippen LogP contribution is 2.37. The molecule has 0 spiro atoms. The van der Waals surface area contributed by atoms with Crippen LogP contribution >= 0.6 is 23.6 Å². The molecule has 2 N–H and O–H groups in total. The number of ether oxygens (including phenoxy) is 1. The van der Waals surface area contributed by atoms with Gasteiger partial charge in [-0.15, -0.1) is 11.3 Å². The molecule has 0 fully saturated rings. The molecule has 0 saturated heterocycles. The first kappa shape index (κ1) is 17.6. The van der Waals surface area contributed by atoms with Gasteiger partial charge in [0.05, 0.1) is 18.7 Å². The molecular formula is C19H20N2O2S2. The SMILES string of the molecule is COC(=O)C1=C(C(C)C)NC(=S)N[C@@H]1c1ccc(-c2ccccc2)s1. The maximum atomic E-state index is 12.5. The maximum Gasteiger partial charge on any atom is 0.338 e. The molecule has 0 bridgehead atoms. The first-order chi connectivity index (χ1) is 12.0. The lowest BCUT2D eigenvalue weighted by Gasteiger charge is -2.31. The van der Waals surface area contributed by atoms with Crippen molar-refractivity contribution in [1.82, 2.24) is 10.6 Å². The predicted molar refractivity (Wildman–Crippen MR) is 105 cm³/mol. The molecule has 1 aliphatic heterocycles. The van der Waals surface area contributed by atoms with Gasteiger partial charge < -0.3 is 15.4 Å². The average molecular weight is 373 g/mol. The Bertz CT molecular complexity index is 825. The highest BCUT2D eigenvalue weighted by molar-refractivity contribution is 7.80. The normalized spacial score (nSPS) is 17.3. The summed E-state index contributed by atoms with van der Waals surface area (Å²) in [5.41, 5.74) is 2.56. The minimum absolute atomic E-state index is 0.130. The second-order valence-electron chi connectivity index (χ2n) is 6.07. The van der Waals surface area contributed by atoms with Crippen molar-refractivity contribution in [3.63, 3.8) is 0 Å². The molecule has 25 heavy (non-hydrogen) atoms. The Labute approximate surface area is 156 Å². The second-order valence-corrected chi connectivity index (χ2v) is 7.60. The third-order valence-electron chi connectivity index (χ3n) is 4.05. The molecule has 0 saturated carbocycles. The molecule has 1 aliphatic rings. The van der Waals surface area contributed by atoms with Crippen molar-refractivity contribution in [3.05, 3.63) is 58.6 Å². The van der Waals surface area contributed by atoms with Crippen LogP contribution < -0.4 is 10.6 Å². The average Bonchev–Trinajstić information content (AvgIpc) is 3.11. The van der Waals surface area contributed by atoms with Crippen LogP contribution in [0.5, 0.6) is 0 Å². The summed E-state index contributed by atoms with van der Waals surface area (Å²) in [6.45, 7) is 4.06. The van der Waals surface area contributed by atoms with E-state index in [0.29, 0.717) is 10.7 Å². The van der Waals surface area contributed by atoms with Gasteiger partial charge in [0.2, 0.25) is 0 Å². The number of carbonyl (C=O) groups excluding carboxylic acids is 1. The number of hydrogen-bond donors (Lipinski definition) is 2. The molecule has 0 amide bonds. The first-order valence-electron chi connectivity index (χ1n) is 8.06. The van der Waals surface area contributed by atoms with E-state index in [1.54, 1.807) is 11.3 Å². The Kier molecular flexibility index (Phi) is 5.20. The summed E-state index contributed by atoms with van der Waals surface area (Å²) >= 11 is 7.00. The van der Waals surface area contributed by atoms with Crippen LogP contribution in [0.1, 0.15) is 24.8 Å². The van der Waals surface area contributed by atoms with Gasteiger partial charge in [0.25, 0.3) is 0 Å². The Morgan fingerprint density at radius 1 is 1.20 bits per heavy atom. The molecule has 2 aromatic rings. The van der Waals surface area contributed by atoms with Gasteiger partial charge in [0, 0.05) is 15.5 Å². The predicted octanol–water partition coefficient (Wildman–Crippen LogP) is 4.02. The van der Waals surface area contributed by atoms with Crippen molar-refractivity contribution in [1.29, 1.82) is 0 Å². The van der Waals surface area contributed by atoms with Gasteiger partial charge in [-0.3, -0.25) is 0 Å². The fourth-order valence-corrected chi connectivity index (χ4v) is 4.16. The quantitative estimate of drug-likeness (QED) is 0.627. The Hall–Kier alpha value is -2.18. The number of thiophene rings is 1. The van der Waals surface area contributed by atoms with Crippen molar-refractivity contribution < 1.29 is 9.53 Å². The lowest BCUT2D eigenvalue weighted by molar-refractivity contribution is -0.136. The van der Waals surface area contributed by atoms with Crippen molar-refractivity contribution in [2.75, 3.05) is 7.11 Å². The van der Waals surface area contributed by atoms with Crippen LogP contribution in [-0.4, -0.2) is 18.2 Å². The number of methoxy groups -OCH3 is 1. The number of esters is 1. The van der Waals surface area contributed by atoms with E-state index in [1.165, 1.54) is 7.11 Å². The van der Waals surface area contributed by atoms with Crippen molar-refractivity contribution in [2.45, 2.75) is 19.9 Å². The van der Waals surface area contributed by atoms with Gasteiger partial charge in [0.1, 0.15) is 0 Å². The summed E-state index contributed by atoms with van der Waals surface area (Å²) in [6.07, 6.45) is 0. The van der Waals surface area contributed by atoms with E-state index in [4.69, 9.17) is 17.0 Å². The van der Waals surface area contributed by atoms with E-state index in [9.17, 15) is 4.79 Å². The number of hydrogen-bond acceptors (Lipinski definition) is 4. The van der Waals surface area contributed by atoms with E-state index >= 15 is 0 Å². The molecule has 6 heteroatoms. The lowest BCUT2D eigenvalue weighted by atomic mass is 9.95. The van der Waals surface area contributed by atoms with Crippen molar-refractivity contribution in [3.8, 4) is 10.4 Å². The van der Waals surface area contributed by atoms with E-state index in [2.05, 4.69) is 28.8 Å². The van der Waals surface area contributed by atoms with E-state index < -0.39 is 0 Å². The van der Waals surface area contributed by atoms with Gasteiger partial charge >= 0.3 is 5.97 Å². The summed E-state index contributed by atoms with van der Waals surface area (Å²) in [4.78, 5) is 14.6. The molecule has 1 aromatic heterocycles. The van der Waals surface area contributed by atoms with Gasteiger partial charge in [-0.1, -0.05) is 44.2 Å². The molecular weight excluding hydrogens is 352 g/mol. The fourth-order valence-electron chi connectivity index (χ4n) is 2.86. The van der Waals surface area contributed by atoms with Crippen LogP contribution in [0.25, 0.3) is 10.4 Å². The molecule has 3 rings (SSSR count). The van der Waals surface area contributed by atoms with E-state index in [0.717, 1.165) is 21.0 Å². The minimum Gasteiger partial charge on any atom is -0.466 e. The molecule has 1 atom stereocenters. The molecule has 0 radical (unpaired) electrons. The molecule has 4 nitrogen and oxygen atoms in total. The molecule has 0 unspecified atom stereocenters. The van der Waals surface area contributed by atoms with Gasteiger partial charge in [-0.25, -0.2) is 4.79 Å². The number of rotatable bonds is 4. The monoisotopic (exact) mass is 372 g/mol. The standard InChI is InChI=1S/C19H20N2O2S2/c1-11(2)16-15(18(22)23-3)17(21-19(24)20-16)14-10-9-13(25-14)12-7-5-4-6-8-12/h4-11,17H,1-3H3,(H2,20,21,24)/t17-/m1/s1. The van der Waals surface area contributed by atoms with Crippen LogP contribution in [0.4, 0.5) is 0 Å². The zero-order chi connectivity index (χ0) is 18.0. The Balaban J connectivity index is 2.05. The highest BCUT2D eigenvalue weighted by atomic mass is 32.1. The van der Waals surface area contributed by atoms with Gasteiger partial charge in [-0.2, -0.15) is 0 Å². The summed E-state index contributed by atoms with van der Waals surface area (Å²) < 4.78 is 5.03. The summed E-state index contributed by atoms with van der Waals surface area (Å²) in [5, 5.41) is 6.87. The minimum atomic E-state index is -0.342. The molecule has 130 valence electrons. The zero-order valence-electron chi connectivity index (χ0n) is 14.3. The summed E-state index contributed by atoms with van der Waals surface area (Å²) in [5.74, 6) is -0.212. The molecule has 2 heterocycles. The smallest absolute Gasteiger partial charge is 0.338 e.